The van der Waals surface area contributed by atoms with Gasteiger partial charge in [-0.25, -0.2) is 0 Å². The fraction of sp³-hybridized carbons (Fsp3) is 0.395. The molecule has 6 nitrogen and oxygen atoms in total. The van der Waals surface area contributed by atoms with E-state index in [-0.39, 0.29) is 11.8 Å². The number of benzene rings is 4. The van der Waals surface area contributed by atoms with Crippen LogP contribution in [0.25, 0.3) is 0 Å². The Morgan fingerprint density at radius 1 is 0.490 bits per heavy atom. The molecule has 260 valence electrons. The normalized spacial score (nSPS) is 13.2. The Hall–Kier alpha value is -4.26. The molecule has 0 aliphatic heterocycles. The first kappa shape index (κ1) is 37.6. The molecule has 4 aromatic carbocycles. The SMILES string of the molecule is CC(C)CC(NC(=O)CC(=O)NC(CC(C)C)C(O)(Cc1ccccc1)Cc1ccccc1)C(O)(Cc1ccccc1)Cc1ccccc1. The first-order valence-corrected chi connectivity index (χ1v) is 17.6. The van der Waals surface area contributed by atoms with E-state index in [0.29, 0.717) is 38.5 Å². The van der Waals surface area contributed by atoms with E-state index in [9.17, 15) is 19.8 Å². The fourth-order valence-electron chi connectivity index (χ4n) is 6.82. The molecule has 0 heterocycles. The molecule has 4 N–H and O–H groups in total. The molecule has 0 radical (unpaired) electrons. The van der Waals surface area contributed by atoms with Crippen LogP contribution in [0.4, 0.5) is 0 Å². The van der Waals surface area contributed by atoms with Gasteiger partial charge < -0.3 is 20.8 Å². The molecule has 0 saturated carbocycles. The van der Waals surface area contributed by atoms with Gasteiger partial charge in [0.1, 0.15) is 6.42 Å². The molecule has 4 aromatic rings. The first-order chi connectivity index (χ1) is 23.4. The molecule has 4 rings (SSSR count). The molecular formula is C43H54N2O4. The van der Waals surface area contributed by atoms with Gasteiger partial charge in [0, 0.05) is 25.7 Å². The van der Waals surface area contributed by atoms with E-state index in [4.69, 9.17) is 0 Å². The van der Waals surface area contributed by atoms with Crippen molar-refractivity contribution in [1.82, 2.24) is 10.6 Å². The zero-order valence-corrected chi connectivity index (χ0v) is 29.5. The highest BCUT2D eigenvalue weighted by molar-refractivity contribution is 5.97. The Balaban J connectivity index is 1.56. The highest BCUT2D eigenvalue weighted by atomic mass is 16.3. The van der Waals surface area contributed by atoms with Gasteiger partial charge in [-0.05, 0) is 46.9 Å². The van der Waals surface area contributed by atoms with Crippen LogP contribution in [-0.4, -0.2) is 45.3 Å². The number of carbonyl (C=O) groups is 2. The highest BCUT2D eigenvalue weighted by Gasteiger charge is 2.40. The summed E-state index contributed by atoms with van der Waals surface area (Å²) in [7, 11) is 0. The second-order valence-corrected chi connectivity index (χ2v) is 14.5. The maximum Gasteiger partial charge on any atom is 0.229 e. The predicted octanol–water partition coefficient (Wildman–Crippen LogP) is 6.87. The van der Waals surface area contributed by atoms with E-state index in [0.717, 1.165) is 22.3 Å². The molecule has 2 amide bonds. The highest BCUT2D eigenvalue weighted by Crippen LogP contribution is 2.29. The molecule has 0 saturated heterocycles. The summed E-state index contributed by atoms with van der Waals surface area (Å²) in [5.74, 6) is -0.557. The van der Waals surface area contributed by atoms with Crippen LogP contribution in [0, 0.1) is 11.8 Å². The number of aliphatic hydroxyl groups is 2. The van der Waals surface area contributed by atoms with Crippen molar-refractivity contribution in [3.8, 4) is 0 Å². The third-order valence-electron chi connectivity index (χ3n) is 9.12. The van der Waals surface area contributed by atoms with Crippen LogP contribution >= 0.6 is 0 Å². The van der Waals surface area contributed by atoms with Gasteiger partial charge >= 0.3 is 0 Å². The summed E-state index contributed by atoms with van der Waals surface area (Å²) in [6.07, 6.45) is 2.03. The topological polar surface area (TPSA) is 98.7 Å². The molecule has 0 bridgehead atoms. The summed E-state index contributed by atoms with van der Waals surface area (Å²) in [6.45, 7) is 8.25. The van der Waals surface area contributed by atoms with Crippen LogP contribution in [-0.2, 0) is 35.3 Å². The molecule has 6 heteroatoms. The lowest BCUT2D eigenvalue weighted by atomic mass is 9.78. The zero-order chi connectivity index (χ0) is 35.3. The van der Waals surface area contributed by atoms with Gasteiger partial charge in [0.05, 0.1) is 23.3 Å². The molecule has 0 aliphatic rings. The minimum atomic E-state index is -1.30. The molecule has 0 aliphatic carbocycles. The van der Waals surface area contributed by atoms with Gasteiger partial charge in [-0.15, -0.1) is 0 Å². The number of hydrogen-bond donors (Lipinski definition) is 4. The third kappa shape index (κ3) is 12.0. The maximum absolute atomic E-state index is 13.7. The van der Waals surface area contributed by atoms with Crippen molar-refractivity contribution in [3.05, 3.63) is 144 Å². The lowest BCUT2D eigenvalue weighted by Gasteiger charge is -2.39. The van der Waals surface area contributed by atoms with E-state index in [2.05, 4.69) is 38.3 Å². The van der Waals surface area contributed by atoms with Crippen LogP contribution in [0.2, 0.25) is 0 Å². The number of hydrogen-bond acceptors (Lipinski definition) is 4. The summed E-state index contributed by atoms with van der Waals surface area (Å²) >= 11 is 0. The van der Waals surface area contributed by atoms with Gasteiger partial charge in [-0.1, -0.05) is 149 Å². The number of carbonyl (C=O) groups excluding carboxylic acids is 2. The summed E-state index contributed by atoms with van der Waals surface area (Å²) in [6, 6.07) is 38.0. The molecule has 0 aromatic heterocycles. The van der Waals surface area contributed by atoms with E-state index >= 15 is 0 Å². The summed E-state index contributed by atoms with van der Waals surface area (Å²) in [5, 5.41) is 30.9. The predicted molar refractivity (Wildman–Crippen MR) is 198 cm³/mol. The lowest BCUT2D eigenvalue weighted by molar-refractivity contribution is -0.133. The van der Waals surface area contributed by atoms with Crippen LogP contribution in [0.1, 0.15) is 69.2 Å². The first-order valence-electron chi connectivity index (χ1n) is 17.6. The largest absolute Gasteiger partial charge is 0.387 e. The summed E-state index contributed by atoms with van der Waals surface area (Å²) in [5.41, 5.74) is 1.27. The van der Waals surface area contributed by atoms with E-state index in [1.54, 1.807) is 0 Å². The molecule has 2 atom stereocenters. The minimum absolute atomic E-state index is 0.179. The monoisotopic (exact) mass is 662 g/mol. The van der Waals surface area contributed by atoms with Crippen molar-refractivity contribution >= 4 is 11.8 Å². The van der Waals surface area contributed by atoms with Gasteiger partial charge in [-0.3, -0.25) is 9.59 Å². The number of rotatable bonds is 18. The Bertz CT molecular complexity index is 1360. The van der Waals surface area contributed by atoms with E-state index in [1.807, 2.05) is 121 Å². The molecule has 49 heavy (non-hydrogen) atoms. The second kappa shape index (κ2) is 17.9. The van der Waals surface area contributed by atoms with Gasteiger partial charge in [-0.2, -0.15) is 0 Å². The average molecular weight is 663 g/mol. The Morgan fingerprint density at radius 3 is 0.959 bits per heavy atom. The Kier molecular flexibility index (Phi) is 13.7. The fourth-order valence-corrected chi connectivity index (χ4v) is 6.82. The number of nitrogens with one attached hydrogen (secondary N) is 2. The zero-order valence-electron chi connectivity index (χ0n) is 29.5. The lowest BCUT2D eigenvalue weighted by Crippen LogP contribution is -2.58. The standard InChI is InChI=1S/C43H54N2O4/c1-32(2)25-38(42(48,28-34-17-9-5-10-18-34)29-35-19-11-6-12-20-35)44-40(46)27-41(47)45-39(26-33(3)4)43(49,30-36-21-13-7-14-22-36)31-37-23-15-8-16-24-37/h5-24,32-33,38-39,48-49H,25-31H2,1-4H3,(H,44,46)(H,45,47). The van der Waals surface area contributed by atoms with Crippen LogP contribution < -0.4 is 10.6 Å². The van der Waals surface area contributed by atoms with E-state index in [1.165, 1.54) is 0 Å². The average Bonchev–Trinajstić information content (AvgIpc) is 3.05. The van der Waals surface area contributed by atoms with Crippen molar-refractivity contribution in [2.75, 3.05) is 0 Å². The van der Waals surface area contributed by atoms with Gasteiger partial charge in [0.25, 0.3) is 0 Å². The Labute approximate surface area is 293 Å². The smallest absolute Gasteiger partial charge is 0.229 e. The van der Waals surface area contributed by atoms with Crippen molar-refractivity contribution in [2.24, 2.45) is 11.8 Å². The maximum atomic E-state index is 13.7. The summed E-state index contributed by atoms with van der Waals surface area (Å²) in [4.78, 5) is 27.4. The van der Waals surface area contributed by atoms with E-state index < -0.39 is 41.5 Å². The van der Waals surface area contributed by atoms with Crippen LogP contribution in [0.15, 0.2) is 121 Å². The number of amides is 2. The second-order valence-electron chi connectivity index (χ2n) is 14.5. The van der Waals surface area contributed by atoms with Crippen molar-refractivity contribution in [2.45, 2.75) is 95.9 Å². The van der Waals surface area contributed by atoms with Crippen molar-refractivity contribution in [3.63, 3.8) is 0 Å². The van der Waals surface area contributed by atoms with Gasteiger partial charge in [0.15, 0.2) is 0 Å². The minimum Gasteiger partial charge on any atom is -0.387 e. The molecule has 0 fully saturated rings. The molecule has 2 unspecified atom stereocenters. The summed E-state index contributed by atoms with van der Waals surface area (Å²) < 4.78 is 0. The van der Waals surface area contributed by atoms with Crippen molar-refractivity contribution < 1.29 is 19.8 Å². The van der Waals surface area contributed by atoms with Gasteiger partial charge in [0.2, 0.25) is 11.8 Å². The van der Waals surface area contributed by atoms with Crippen molar-refractivity contribution in [1.29, 1.82) is 0 Å². The third-order valence-corrected chi connectivity index (χ3v) is 9.12. The quantitative estimate of drug-likeness (QED) is 0.0875. The van der Waals surface area contributed by atoms with Crippen LogP contribution in [0.5, 0.6) is 0 Å². The molecule has 0 spiro atoms. The molecular weight excluding hydrogens is 608 g/mol. The Morgan fingerprint density at radius 2 is 0.735 bits per heavy atom. The van der Waals surface area contributed by atoms with Crippen LogP contribution in [0.3, 0.4) is 0 Å².